The van der Waals surface area contributed by atoms with Crippen LogP contribution in [0, 0.1) is 5.82 Å². The third-order valence-corrected chi connectivity index (χ3v) is 5.56. The van der Waals surface area contributed by atoms with E-state index in [1.165, 1.54) is 6.07 Å². The molecule has 9 heteroatoms. The Morgan fingerprint density at radius 2 is 1.63 bits per heavy atom. The molecule has 0 radical (unpaired) electrons. The zero-order chi connectivity index (χ0) is 20.3. The molecule has 2 aliphatic rings. The molecular weight excluding hydrogens is 498 g/mol. The first-order valence-corrected chi connectivity index (χ1v) is 10.7. The lowest BCUT2D eigenvalue weighted by Crippen LogP contribution is -2.47. The number of nitrogens with zero attached hydrogens (tertiary/aromatic N) is 4. The zero-order valence-electron chi connectivity index (χ0n) is 18.0. The highest BCUT2D eigenvalue weighted by atomic mass is 127. The molecule has 30 heavy (non-hydrogen) atoms. The summed E-state index contributed by atoms with van der Waals surface area (Å²) in [6.45, 7) is 11.2. The summed E-state index contributed by atoms with van der Waals surface area (Å²) in [7, 11) is 1.81. The summed E-state index contributed by atoms with van der Waals surface area (Å²) >= 11 is 0. The highest BCUT2D eigenvalue weighted by molar-refractivity contribution is 14.0. The number of halogens is 2. The summed E-state index contributed by atoms with van der Waals surface area (Å²) in [6, 6.07) is 7.05. The van der Waals surface area contributed by atoms with E-state index in [4.69, 9.17) is 4.74 Å². The van der Waals surface area contributed by atoms with Gasteiger partial charge in [0.05, 0.1) is 18.9 Å². The van der Waals surface area contributed by atoms with Gasteiger partial charge in [0.25, 0.3) is 0 Å². The smallest absolute Gasteiger partial charge is 0.191 e. The van der Waals surface area contributed by atoms with Crippen molar-refractivity contribution < 1.29 is 9.13 Å². The van der Waals surface area contributed by atoms with E-state index in [1.807, 2.05) is 19.2 Å². The summed E-state index contributed by atoms with van der Waals surface area (Å²) in [6.07, 6.45) is 1.06. The molecule has 0 spiro atoms. The Balaban J connectivity index is 0.00000320. The fourth-order valence-electron chi connectivity index (χ4n) is 3.81. The van der Waals surface area contributed by atoms with E-state index in [9.17, 15) is 4.39 Å². The Morgan fingerprint density at radius 3 is 2.33 bits per heavy atom. The molecule has 2 aliphatic heterocycles. The second-order valence-corrected chi connectivity index (χ2v) is 7.51. The minimum Gasteiger partial charge on any atom is -0.379 e. The molecule has 1 aromatic rings. The molecule has 0 aromatic heterocycles. The lowest BCUT2D eigenvalue weighted by molar-refractivity contribution is 0.0389. The van der Waals surface area contributed by atoms with Crippen LogP contribution in [0.15, 0.2) is 29.3 Å². The van der Waals surface area contributed by atoms with Gasteiger partial charge in [-0.2, -0.15) is 0 Å². The van der Waals surface area contributed by atoms with E-state index in [2.05, 4.69) is 30.3 Å². The summed E-state index contributed by atoms with van der Waals surface area (Å²) < 4.78 is 19.3. The maximum atomic E-state index is 13.9. The van der Waals surface area contributed by atoms with Crippen LogP contribution in [0.3, 0.4) is 0 Å². The van der Waals surface area contributed by atoms with Gasteiger partial charge in [-0.15, -0.1) is 24.0 Å². The van der Waals surface area contributed by atoms with E-state index >= 15 is 0 Å². The Labute approximate surface area is 197 Å². The lowest BCUT2D eigenvalue weighted by atomic mass is 10.2. The Kier molecular flexibility index (Phi) is 11.7. The number of piperazine rings is 1. The molecular formula is C21H36FIN6O. The second kappa shape index (κ2) is 14.0. The maximum absolute atomic E-state index is 13.9. The van der Waals surface area contributed by atoms with Crippen LogP contribution in [-0.2, 0) is 4.74 Å². The van der Waals surface area contributed by atoms with Gasteiger partial charge in [-0.05, 0) is 25.1 Å². The normalized spacial score (nSPS) is 18.7. The number of anilines is 1. The van der Waals surface area contributed by atoms with Crippen molar-refractivity contribution >= 4 is 35.6 Å². The van der Waals surface area contributed by atoms with E-state index in [0.29, 0.717) is 0 Å². The van der Waals surface area contributed by atoms with E-state index in [-0.39, 0.29) is 29.8 Å². The van der Waals surface area contributed by atoms with E-state index in [0.717, 1.165) is 96.7 Å². The van der Waals surface area contributed by atoms with Crippen molar-refractivity contribution in [2.75, 3.05) is 90.6 Å². The van der Waals surface area contributed by atoms with Crippen molar-refractivity contribution in [3.05, 3.63) is 30.1 Å². The van der Waals surface area contributed by atoms with Crippen molar-refractivity contribution in [3.63, 3.8) is 0 Å². The molecule has 2 saturated heterocycles. The number of guanidine groups is 1. The van der Waals surface area contributed by atoms with Gasteiger partial charge < -0.3 is 20.3 Å². The third kappa shape index (κ3) is 8.16. The van der Waals surface area contributed by atoms with Gasteiger partial charge in [0.1, 0.15) is 5.82 Å². The van der Waals surface area contributed by atoms with Gasteiger partial charge in [-0.1, -0.05) is 12.1 Å². The molecule has 170 valence electrons. The predicted molar refractivity (Wildman–Crippen MR) is 132 cm³/mol. The van der Waals surface area contributed by atoms with Crippen LogP contribution in [0.2, 0.25) is 0 Å². The molecule has 0 atom stereocenters. The van der Waals surface area contributed by atoms with Crippen LogP contribution in [-0.4, -0.2) is 101 Å². The number of morpholine rings is 1. The molecule has 0 aliphatic carbocycles. The minimum atomic E-state index is -0.127. The van der Waals surface area contributed by atoms with Crippen LogP contribution in [0.1, 0.15) is 6.42 Å². The average Bonchev–Trinajstić information content (AvgIpc) is 2.77. The highest BCUT2D eigenvalue weighted by Crippen LogP contribution is 2.20. The number of hydrogen-bond acceptors (Lipinski definition) is 5. The van der Waals surface area contributed by atoms with Gasteiger partial charge in [0.2, 0.25) is 0 Å². The van der Waals surface area contributed by atoms with Crippen LogP contribution >= 0.6 is 24.0 Å². The number of nitrogens with one attached hydrogen (secondary N) is 2. The third-order valence-electron chi connectivity index (χ3n) is 5.56. The van der Waals surface area contributed by atoms with Crippen LogP contribution in [0.4, 0.5) is 10.1 Å². The van der Waals surface area contributed by atoms with Gasteiger partial charge in [0.15, 0.2) is 5.96 Å². The number of para-hydroxylation sites is 1. The molecule has 0 saturated carbocycles. The molecule has 0 unspecified atom stereocenters. The molecule has 2 N–H and O–H groups in total. The molecule has 0 amide bonds. The molecule has 0 bridgehead atoms. The maximum Gasteiger partial charge on any atom is 0.191 e. The first kappa shape index (κ1) is 25.1. The Bertz CT molecular complexity index is 636. The minimum absolute atomic E-state index is 0. The van der Waals surface area contributed by atoms with Crippen molar-refractivity contribution in [2.45, 2.75) is 6.42 Å². The number of rotatable bonds is 8. The molecule has 7 nitrogen and oxygen atoms in total. The van der Waals surface area contributed by atoms with Crippen molar-refractivity contribution in [3.8, 4) is 0 Å². The van der Waals surface area contributed by atoms with Gasteiger partial charge in [0, 0.05) is 66.0 Å². The first-order valence-electron chi connectivity index (χ1n) is 10.7. The predicted octanol–water partition coefficient (Wildman–Crippen LogP) is 1.45. The standard InChI is InChI=1S/C21H35FN6O.HI/c1-23-21(25-8-10-27-15-17-29-18-16-27)24-7-4-9-26-11-13-28(14-12-26)20-6-3-2-5-19(20)22;/h2-3,5-6H,4,7-18H2,1H3,(H2,23,24,25);1H. The largest absolute Gasteiger partial charge is 0.379 e. The van der Waals surface area contributed by atoms with E-state index in [1.54, 1.807) is 6.07 Å². The second-order valence-electron chi connectivity index (χ2n) is 7.51. The summed E-state index contributed by atoms with van der Waals surface area (Å²) in [4.78, 5) is 11.3. The van der Waals surface area contributed by atoms with Gasteiger partial charge in [-0.25, -0.2) is 4.39 Å². The van der Waals surface area contributed by atoms with Crippen molar-refractivity contribution in [1.82, 2.24) is 20.4 Å². The SMILES string of the molecule is CN=C(NCCCN1CCN(c2ccccc2F)CC1)NCCN1CCOCC1.I. The van der Waals surface area contributed by atoms with Crippen LogP contribution < -0.4 is 15.5 Å². The first-order chi connectivity index (χ1) is 14.3. The fourth-order valence-corrected chi connectivity index (χ4v) is 3.81. The monoisotopic (exact) mass is 534 g/mol. The molecule has 2 heterocycles. The highest BCUT2D eigenvalue weighted by Gasteiger charge is 2.18. The number of benzene rings is 1. The van der Waals surface area contributed by atoms with Crippen molar-refractivity contribution in [2.24, 2.45) is 4.99 Å². The lowest BCUT2D eigenvalue weighted by Gasteiger charge is -2.36. The summed E-state index contributed by atoms with van der Waals surface area (Å²) in [5.74, 6) is 0.736. The summed E-state index contributed by atoms with van der Waals surface area (Å²) in [5, 5.41) is 6.78. The molecule has 3 rings (SSSR count). The van der Waals surface area contributed by atoms with E-state index < -0.39 is 0 Å². The van der Waals surface area contributed by atoms with Gasteiger partial charge >= 0.3 is 0 Å². The quantitative estimate of drug-likeness (QED) is 0.228. The zero-order valence-corrected chi connectivity index (χ0v) is 20.3. The van der Waals surface area contributed by atoms with Gasteiger partial charge in [-0.3, -0.25) is 14.8 Å². The summed E-state index contributed by atoms with van der Waals surface area (Å²) in [5.41, 5.74) is 0.723. The average molecular weight is 534 g/mol. The molecule has 2 fully saturated rings. The Hall–Kier alpha value is -1.17. The molecule has 1 aromatic carbocycles. The number of aliphatic imine (C=N–C) groups is 1. The van der Waals surface area contributed by atoms with Crippen LogP contribution in [0.25, 0.3) is 0 Å². The number of hydrogen-bond donors (Lipinski definition) is 2. The Morgan fingerprint density at radius 1 is 0.967 bits per heavy atom. The fraction of sp³-hybridized carbons (Fsp3) is 0.667. The number of ether oxygens (including phenoxy) is 1. The topological polar surface area (TPSA) is 55.4 Å². The van der Waals surface area contributed by atoms with Crippen molar-refractivity contribution in [1.29, 1.82) is 0 Å². The van der Waals surface area contributed by atoms with Crippen LogP contribution in [0.5, 0.6) is 0 Å².